The molecule has 1 aromatic heterocycles. The van der Waals surface area contributed by atoms with E-state index < -0.39 is 0 Å². The summed E-state index contributed by atoms with van der Waals surface area (Å²) in [5, 5.41) is 4.37. The van der Waals surface area contributed by atoms with Crippen LogP contribution in [0.5, 0.6) is 0 Å². The molecule has 0 saturated carbocycles. The summed E-state index contributed by atoms with van der Waals surface area (Å²) in [6.45, 7) is 4.82. The normalized spacial score (nSPS) is 15.7. The zero-order valence-corrected chi connectivity index (χ0v) is 12.7. The van der Waals surface area contributed by atoms with Crippen molar-refractivity contribution in [2.75, 3.05) is 0 Å². The summed E-state index contributed by atoms with van der Waals surface area (Å²) in [7, 11) is 1.81. The lowest BCUT2D eigenvalue weighted by atomic mass is 9.97. The van der Waals surface area contributed by atoms with Gasteiger partial charge in [0.2, 0.25) is 0 Å². The lowest BCUT2D eigenvalue weighted by Crippen LogP contribution is -2.31. The van der Waals surface area contributed by atoms with Crippen LogP contribution in [0.15, 0.2) is 10.9 Å². The first kappa shape index (κ1) is 14.2. The number of allylic oxidation sites excluding steroid dienone is 2. The van der Waals surface area contributed by atoms with E-state index in [0.717, 1.165) is 24.8 Å². The second-order valence-corrected chi connectivity index (χ2v) is 5.90. The third-order valence-electron chi connectivity index (χ3n) is 3.35. The Morgan fingerprint density at radius 1 is 1.42 bits per heavy atom. The quantitative estimate of drug-likeness (QED) is 0.799. The van der Waals surface area contributed by atoms with E-state index in [1.165, 1.54) is 6.42 Å². The van der Waals surface area contributed by atoms with Crippen molar-refractivity contribution in [3.8, 4) is 0 Å². The molecule has 0 aliphatic heterocycles. The number of hydrogen-bond acceptors (Lipinski definition) is 3. The number of aryl methyl sites for hydroxylation is 1. The molecule has 0 spiro atoms. The Hall–Kier alpha value is -1.23. The highest BCUT2D eigenvalue weighted by atomic mass is 32.1. The predicted octanol–water partition coefficient (Wildman–Crippen LogP) is 2.92. The van der Waals surface area contributed by atoms with E-state index in [9.17, 15) is 4.79 Å². The van der Waals surface area contributed by atoms with Crippen LogP contribution in [0.1, 0.15) is 45.2 Å². The number of rotatable bonds is 3. The molecule has 0 atom stereocenters. The van der Waals surface area contributed by atoms with E-state index in [1.807, 2.05) is 7.05 Å². The summed E-state index contributed by atoms with van der Waals surface area (Å²) in [5.41, 5.74) is 1.63. The molecule has 0 radical (unpaired) electrons. The maximum absolute atomic E-state index is 12.6. The summed E-state index contributed by atoms with van der Waals surface area (Å²) in [5.74, 6) is 0.384. The van der Waals surface area contributed by atoms with Crippen molar-refractivity contribution in [3.05, 3.63) is 26.9 Å². The Bertz CT molecular complexity index is 610. The minimum atomic E-state index is -0.0371. The number of aromatic nitrogens is 3. The highest BCUT2D eigenvalue weighted by Gasteiger charge is 2.16. The molecule has 19 heavy (non-hydrogen) atoms. The van der Waals surface area contributed by atoms with Crippen LogP contribution in [0.2, 0.25) is 0 Å². The lowest BCUT2D eigenvalue weighted by molar-refractivity contribution is 0.472. The second-order valence-electron chi connectivity index (χ2n) is 5.54. The summed E-state index contributed by atoms with van der Waals surface area (Å²) in [4.78, 5) is 12.6. The molecule has 0 unspecified atom stereocenters. The molecule has 0 amide bonds. The average Bonchev–Trinajstić information content (AvgIpc) is 2.39. The highest BCUT2D eigenvalue weighted by Crippen LogP contribution is 2.23. The lowest BCUT2D eigenvalue weighted by Gasteiger charge is -2.16. The van der Waals surface area contributed by atoms with E-state index in [-0.39, 0.29) is 5.56 Å². The van der Waals surface area contributed by atoms with Gasteiger partial charge in [0.15, 0.2) is 10.5 Å². The van der Waals surface area contributed by atoms with Gasteiger partial charge in [-0.2, -0.15) is 5.10 Å². The van der Waals surface area contributed by atoms with E-state index in [1.54, 1.807) is 9.25 Å². The Labute approximate surface area is 118 Å². The third-order valence-corrected chi connectivity index (χ3v) is 3.83. The van der Waals surface area contributed by atoms with Gasteiger partial charge in [0.25, 0.3) is 5.56 Å². The number of hydrogen-bond donors (Lipinski definition) is 0. The van der Waals surface area contributed by atoms with Crippen molar-refractivity contribution in [2.24, 2.45) is 13.0 Å². The first-order chi connectivity index (χ1) is 9.00. The minimum Gasteiger partial charge on any atom is -0.282 e. The van der Waals surface area contributed by atoms with Crippen molar-refractivity contribution in [1.82, 2.24) is 14.3 Å². The molecule has 1 aliphatic carbocycles. The van der Waals surface area contributed by atoms with Gasteiger partial charge < -0.3 is 0 Å². The fourth-order valence-electron chi connectivity index (χ4n) is 2.41. The zero-order valence-electron chi connectivity index (χ0n) is 11.8. The molecular formula is C14H21N3OS. The van der Waals surface area contributed by atoms with Crippen molar-refractivity contribution in [1.29, 1.82) is 0 Å². The van der Waals surface area contributed by atoms with Crippen molar-refractivity contribution in [3.63, 3.8) is 0 Å². The number of nitrogens with zero attached hydrogens (tertiary/aromatic N) is 3. The second kappa shape index (κ2) is 5.82. The molecule has 1 aliphatic rings. The van der Waals surface area contributed by atoms with Crippen molar-refractivity contribution >= 4 is 17.8 Å². The molecular weight excluding hydrogens is 258 g/mol. The van der Waals surface area contributed by atoms with Gasteiger partial charge in [0.05, 0.1) is 0 Å². The molecule has 1 aromatic rings. The molecule has 4 nitrogen and oxygen atoms in total. The first-order valence-electron chi connectivity index (χ1n) is 6.88. The molecule has 5 heteroatoms. The Morgan fingerprint density at radius 3 is 2.74 bits per heavy atom. The largest absolute Gasteiger partial charge is 0.282 e. The van der Waals surface area contributed by atoms with Gasteiger partial charge in [-0.3, -0.25) is 9.36 Å². The summed E-state index contributed by atoms with van der Waals surface area (Å²) < 4.78 is 3.82. The maximum atomic E-state index is 12.6. The maximum Gasteiger partial charge on any atom is 0.280 e. The Morgan fingerprint density at radius 2 is 2.16 bits per heavy atom. The smallest absolute Gasteiger partial charge is 0.280 e. The van der Waals surface area contributed by atoms with Gasteiger partial charge in [-0.15, -0.1) is 0 Å². The zero-order chi connectivity index (χ0) is 14.0. The Kier molecular flexibility index (Phi) is 4.34. The fourth-order valence-corrected chi connectivity index (χ4v) is 2.60. The molecule has 0 saturated heterocycles. The van der Waals surface area contributed by atoms with Crippen LogP contribution >= 0.6 is 12.2 Å². The fraction of sp³-hybridized carbons (Fsp3) is 0.643. The van der Waals surface area contributed by atoms with Crippen molar-refractivity contribution < 1.29 is 0 Å². The standard InChI is InChI=1S/C14H21N3OS/c1-10(2)9-17-13(18)12(15-16(3)14(17)19)11-7-5-4-6-8-11/h7,10H,4-6,8-9H2,1-3H3. The van der Waals surface area contributed by atoms with Crippen LogP contribution in [0.3, 0.4) is 0 Å². The van der Waals surface area contributed by atoms with Crippen LogP contribution in [0.25, 0.3) is 5.57 Å². The van der Waals surface area contributed by atoms with Gasteiger partial charge in [0.1, 0.15) is 0 Å². The van der Waals surface area contributed by atoms with Crippen LogP contribution in [-0.2, 0) is 13.6 Å². The van der Waals surface area contributed by atoms with E-state index in [2.05, 4.69) is 25.0 Å². The van der Waals surface area contributed by atoms with Crippen LogP contribution < -0.4 is 5.56 Å². The average molecular weight is 279 g/mol. The predicted molar refractivity (Wildman–Crippen MR) is 79.6 cm³/mol. The topological polar surface area (TPSA) is 39.8 Å². The van der Waals surface area contributed by atoms with Gasteiger partial charge in [-0.1, -0.05) is 19.9 Å². The van der Waals surface area contributed by atoms with Gasteiger partial charge >= 0.3 is 0 Å². The highest BCUT2D eigenvalue weighted by molar-refractivity contribution is 7.71. The van der Waals surface area contributed by atoms with Crippen LogP contribution in [-0.4, -0.2) is 14.3 Å². The minimum absolute atomic E-state index is 0.0371. The molecule has 0 N–H and O–H groups in total. The van der Waals surface area contributed by atoms with Crippen LogP contribution in [0.4, 0.5) is 0 Å². The van der Waals surface area contributed by atoms with Gasteiger partial charge in [0, 0.05) is 13.6 Å². The molecule has 2 rings (SSSR count). The molecule has 0 bridgehead atoms. The van der Waals surface area contributed by atoms with Gasteiger partial charge in [-0.25, -0.2) is 4.68 Å². The van der Waals surface area contributed by atoms with Gasteiger partial charge in [-0.05, 0) is 49.4 Å². The third kappa shape index (κ3) is 3.03. The summed E-state index contributed by atoms with van der Waals surface area (Å²) in [6, 6.07) is 0. The SMILES string of the molecule is CC(C)Cn1c(=O)c(C2=CCCCC2)nn(C)c1=S. The van der Waals surface area contributed by atoms with E-state index >= 15 is 0 Å². The Balaban J connectivity index is 2.57. The summed E-state index contributed by atoms with van der Waals surface area (Å²) >= 11 is 5.30. The molecule has 0 aromatic carbocycles. The molecule has 104 valence electrons. The monoisotopic (exact) mass is 279 g/mol. The van der Waals surface area contributed by atoms with E-state index in [0.29, 0.717) is 22.9 Å². The first-order valence-corrected chi connectivity index (χ1v) is 7.29. The summed E-state index contributed by atoms with van der Waals surface area (Å²) in [6.07, 6.45) is 6.47. The van der Waals surface area contributed by atoms with Crippen molar-refractivity contribution in [2.45, 2.75) is 46.1 Å². The van der Waals surface area contributed by atoms with Crippen LogP contribution in [0, 0.1) is 10.7 Å². The molecule has 1 heterocycles. The van der Waals surface area contributed by atoms with E-state index in [4.69, 9.17) is 12.2 Å². The molecule has 0 fully saturated rings.